The number of rotatable bonds is 3. The van der Waals surface area contributed by atoms with Crippen molar-refractivity contribution in [2.75, 3.05) is 5.75 Å². The average molecular weight is 289 g/mol. The number of hydrogen-bond acceptors (Lipinski definition) is 7. The van der Waals surface area contributed by atoms with Crippen LogP contribution in [0.5, 0.6) is 0 Å². The number of aromatic nitrogens is 2. The number of aliphatic hydroxyl groups is 1. The zero-order chi connectivity index (χ0) is 13.3. The lowest BCUT2D eigenvalue weighted by Crippen LogP contribution is -2.24. The van der Waals surface area contributed by atoms with Gasteiger partial charge in [-0.1, -0.05) is 19.0 Å². The minimum absolute atomic E-state index is 0.250. The van der Waals surface area contributed by atoms with Crippen molar-refractivity contribution in [2.24, 2.45) is 5.73 Å². The van der Waals surface area contributed by atoms with E-state index in [2.05, 4.69) is 24.0 Å². The minimum Gasteiger partial charge on any atom is -0.391 e. The maximum Gasteiger partial charge on any atom is 0.246 e. The molecule has 5 nitrogen and oxygen atoms in total. The summed E-state index contributed by atoms with van der Waals surface area (Å²) in [6, 6.07) is -0.608. The van der Waals surface area contributed by atoms with E-state index in [1.165, 1.54) is 0 Å². The molecule has 0 saturated carbocycles. The number of nitrogens with two attached hydrogens (primary N) is 1. The molecule has 0 bridgehead atoms. The van der Waals surface area contributed by atoms with Gasteiger partial charge in [-0.05, 0) is 6.92 Å². The molecule has 3 unspecified atom stereocenters. The van der Waals surface area contributed by atoms with E-state index in [9.17, 15) is 5.11 Å². The zero-order valence-electron chi connectivity index (χ0n) is 10.7. The largest absolute Gasteiger partial charge is 0.391 e. The summed E-state index contributed by atoms with van der Waals surface area (Å²) in [5.74, 6) is 1.99. The molecular weight excluding hydrogens is 270 g/mol. The van der Waals surface area contributed by atoms with E-state index >= 15 is 0 Å². The number of hydrogen-bond donors (Lipinski definition) is 2. The van der Waals surface area contributed by atoms with Crippen LogP contribution in [0.25, 0.3) is 0 Å². The van der Waals surface area contributed by atoms with Crippen LogP contribution in [0.3, 0.4) is 0 Å². The molecule has 3 N–H and O–H groups in total. The Balaban J connectivity index is 2.06. The van der Waals surface area contributed by atoms with Gasteiger partial charge in [-0.2, -0.15) is 16.7 Å². The maximum absolute atomic E-state index is 9.41. The van der Waals surface area contributed by atoms with E-state index in [0.717, 1.165) is 5.75 Å². The highest BCUT2D eigenvalue weighted by molar-refractivity contribution is 8.07. The molecule has 1 fully saturated rings. The van der Waals surface area contributed by atoms with Crippen molar-refractivity contribution in [3.05, 3.63) is 11.7 Å². The van der Waals surface area contributed by atoms with Gasteiger partial charge < -0.3 is 15.4 Å². The summed E-state index contributed by atoms with van der Waals surface area (Å²) >= 11 is 3.80. The summed E-state index contributed by atoms with van der Waals surface area (Å²) in [6.07, 6.45) is -0.689. The molecule has 102 valence electrons. The van der Waals surface area contributed by atoms with Crippen molar-refractivity contribution in [2.45, 2.75) is 48.7 Å². The van der Waals surface area contributed by atoms with Crippen LogP contribution in [0, 0.1) is 0 Å². The molecule has 0 radical (unpaired) electrons. The highest BCUT2D eigenvalue weighted by Gasteiger charge is 2.30. The van der Waals surface area contributed by atoms with Gasteiger partial charge in [-0.15, -0.1) is 11.8 Å². The quantitative estimate of drug-likeness (QED) is 0.876. The van der Waals surface area contributed by atoms with E-state index in [4.69, 9.17) is 10.3 Å². The van der Waals surface area contributed by atoms with Crippen molar-refractivity contribution < 1.29 is 9.63 Å². The monoisotopic (exact) mass is 289 g/mol. The van der Waals surface area contributed by atoms with E-state index in [0.29, 0.717) is 22.2 Å². The fourth-order valence-corrected chi connectivity index (χ4v) is 4.47. The molecular formula is C11H19N3O2S2. The Labute approximate surface area is 115 Å². The predicted octanol–water partition coefficient (Wildman–Crippen LogP) is 1.75. The van der Waals surface area contributed by atoms with Crippen LogP contribution < -0.4 is 5.73 Å². The van der Waals surface area contributed by atoms with Gasteiger partial charge in [-0.25, -0.2) is 0 Å². The molecule has 1 aromatic rings. The molecule has 0 amide bonds. The third kappa shape index (κ3) is 3.01. The molecule has 5 atom stereocenters. The van der Waals surface area contributed by atoms with Gasteiger partial charge in [0.25, 0.3) is 0 Å². The molecule has 1 aromatic heterocycles. The Morgan fingerprint density at radius 1 is 1.44 bits per heavy atom. The average Bonchev–Trinajstić information content (AvgIpc) is 2.81. The molecule has 1 saturated heterocycles. The summed E-state index contributed by atoms with van der Waals surface area (Å²) < 4.78 is 5.13. The Morgan fingerprint density at radius 3 is 2.78 bits per heavy atom. The van der Waals surface area contributed by atoms with Gasteiger partial charge in [0, 0.05) is 16.3 Å². The topological polar surface area (TPSA) is 85.2 Å². The third-order valence-electron chi connectivity index (χ3n) is 3.10. The predicted molar refractivity (Wildman–Crippen MR) is 74.6 cm³/mol. The van der Waals surface area contributed by atoms with Gasteiger partial charge in [0.2, 0.25) is 5.89 Å². The standard InChI is InChI=1S/C11H19N3O2S2/c1-5(15)9(12)11-13-10(14-16-11)8-4-17-6(2)7(3)18-8/h5-9,15H,4,12H2,1-3H3/t5-,6?,7?,8?,9+/m1/s1. The van der Waals surface area contributed by atoms with Crippen LogP contribution in [0.1, 0.15) is 43.8 Å². The van der Waals surface area contributed by atoms with Crippen molar-refractivity contribution in [3.8, 4) is 0 Å². The number of nitrogens with zero attached hydrogens (tertiary/aromatic N) is 2. The van der Waals surface area contributed by atoms with E-state index in [-0.39, 0.29) is 5.25 Å². The first-order valence-electron chi connectivity index (χ1n) is 6.03. The molecule has 2 rings (SSSR count). The molecule has 2 heterocycles. The lowest BCUT2D eigenvalue weighted by Gasteiger charge is -2.29. The first-order valence-corrected chi connectivity index (χ1v) is 8.02. The lowest BCUT2D eigenvalue weighted by molar-refractivity contribution is 0.146. The Morgan fingerprint density at radius 2 is 2.17 bits per heavy atom. The number of aliphatic hydroxyl groups excluding tert-OH is 1. The second-order valence-corrected chi connectivity index (χ2v) is 7.62. The molecule has 1 aliphatic rings. The molecule has 18 heavy (non-hydrogen) atoms. The molecule has 0 spiro atoms. The van der Waals surface area contributed by atoms with Crippen LogP contribution >= 0.6 is 23.5 Å². The van der Waals surface area contributed by atoms with Gasteiger partial charge in [0.15, 0.2) is 5.82 Å². The summed E-state index contributed by atoms with van der Waals surface area (Å²) in [5, 5.41) is 14.9. The Hall–Kier alpha value is -0.240. The fraction of sp³-hybridized carbons (Fsp3) is 0.818. The van der Waals surface area contributed by atoms with E-state index in [1.807, 2.05) is 23.5 Å². The second-order valence-electron chi connectivity index (χ2n) is 4.63. The first kappa shape index (κ1) is 14.2. The second kappa shape index (κ2) is 5.81. The van der Waals surface area contributed by atoms with Gasteiger partial charge in [0.1, 0.15) is 6.04 Å². The molecule has 1 aliphatic heterocycles. The van der Waals surface area contributed by atoms with E-state index < -0.39 is 12.1 Å². The number of thioether (sulfide) groups is 2. The van der Waals surface area contributed by atoms with E-state index in [1.54, 1.807) is 6.92 Å². The van der Waals surface area contributed by atoms with Crippen molar-refractivity contribution in [1.82, 2.24) is 10.1 Å². The van der Waals surface area contributed by atoms with Gasteiger partial charge in [0.05, 0.1) is 11.4 Å². The van der Waals surface area contributed by atoms with Crippen molar-refractivity contribution >= 4 is 23.5 Å². The normalized spacial score (nSPS) is 32.2. The molecule has 0 aromatic carbocycles. The van der Waals surface area contributed by atoms with Crippen LogP contribution in [0.4, 0.5) is 0 Å². The molecule has 0 aliphatic carbocycles. The summed E-state index contributed by atoms with van der Waals surface area (Å²) in [7, 11) is 0. The van der Waals surface area contributed by atoms with Crippen LogP contribution in [-0.2, 0) is 0 Å². The Kier molecular flexibility index (Phi) is 4.58. The van der Waals surface area contributed by atoms with Crippen molar-refractivity contribution in [3.63, 3.8) is 0 Å². The van der Waals surface area contributed by atoms with Crippen LogP contribution in [0.15, 0.2) is 4.52 Å². The lowest BCUT2D eigenvalue weighted by atomic mass is 10.2. The highest BCUT2D eigenvalue weighted by atomic mass is 32.2. The summed E-state index contributed by atoms with van der Waals surface area (Å²) in [5.41, 5.74) is 5.77. The first-order chi connectivity index (χ1) is 8.49. The molecule has 7 heteroatoms. The fourth-order valence-electron chi connectivity index (χ4n) is 1.64. The van der Waals surface area contributed by atoms with Gasteiger partial charge >= 0.3 is 0 Å². The highest BCUT2D eigenvalue weighted by Crippen LogP contribution is 2.43. The summed E-state index contributed by atoms with van der Waals surface area (Å²) in [4.78, 5) is 4.32. The third-order valence-corrected chi connectivity index (χ3v) is 6.49. The Bertz CT molecular complexity index is 399. The van der Waals surface area contributed by atoms with Crippen molar-refractivity contribution in [1.29, 1.82) is 0 Å². The van der Waals surface area contributed by atoms with Crippen LogP contribution in [0.2, 0.25) is 0 Å². The minimum atomic E-state index is -0.689. The SMILES string of the molecule is CC1SCC(c2noc([C@@H](N)[C@@H](C)O)n2)SC1C. The zero-order valence-corrected chi connectivity index (χ0v) is 12.4. The van der Waals surface area contributed by atoms with Crippen LogP contribution in [-0.4, -0.2) is 37.6 Å². The smallest absolute Gasteiger partial charge is 0.246 e. The van der Waals surface area contributed by atoms with Gasteiger partial charge in [-0.3, -0.25) is 0 Å². The summed E-state index contributed by atoms with van der Waals surface area (Å²) in [6.45, 7) is 6.07. The maximum atomic E-state index is 9.41.